The molecule has 184 valence electrons. The van der Waals surface area contributed by atoms with Gasteiger partial charge in [0, 0.05) is 5.02 Å². The third-order valence-corrected chi connectivity index (χ3v) is 6.16. The highest BCUT2D eigenvalue weighted by molar-refractivity contribution is 9.10. The van der Waals surface area contributed by atoms with E-state index in [1.807, 2.05) is 67.6 Å². The van der Waals surface area contributed by atoms with Crippen molar-refractivity contribution in [2.75, 3.05) is 13.7 Å². The van der Waals surface area contributed by atoms with Crippen molar-refractivity contribution in [1.29, 1.82) is 0 Å². The Morgan fingerprint density at radius 2 is 1.72 bits per heavy atom. The van der Waals surface area contributed by atoms with E-state index in [0.717, 1.165) is 21.9 Å². The van der Waals surface area contributed by atoms with Crippen molar-refractivity contribution in [2.45, 2.75) is 13.5 Å². The van der Waals surface area contributed by atoms with Crippen molar-refractivity contribution in [3.8, 4) is 17.2 Å². The van der Waals surface area contributed by atoms with Crippen molar-refractivity contribution in [3.05, 3.63) is 99.0 Å². The third kappa shape index (κ3) is 6.17. The van der Waals surface area contributed by atoms with Crippen LogP contribution in [0.3, 0.4) is 0 Å². The number of methoxy groups -OCH3 is 1. The number of nitrogens with one attached hydrogen (secondary N) is 1. The number of benzene rings is 4. The zero-order chi connectivity index (χ0) is 25.5. The lowest BCUT2D eigenvalue weighted by Crippen LogP contribution is -2.18. The number of halogens is 2. The summed E-state index contributed by atoms with van der Waals surface area (Å²) in [4.78, 5) is 12.8. The van der Waals surface area contributed by atoms with Crippen LogP contribution in [0.15, 0.2) is 82.4 Å². The first-order chi connectivity index (χ1) is 17.5. The smallest absolute Gasteiger partial charge is 0.275 e. The molecule has 4 aromatic rings. The molecular formula is C28H24BrClN2O4. The zero-order valence-electron chi connectivity index (χ0n) is 19.8. The Labute approximate surface area is 223 Å². The van der Waals surface area contributed by atoms with Gasteiger partial charge in [-0.1, -0.05) is 48.0 Å². The van der Waals surface area contributed by atoms with Crippen molar-refractivity contribution in [1.82, 2.24) is 5.43 Å². The summed E-state index contributed by atoms with van der Waals surface area (Å²) in [7, 11) is 1.54. The van der Waals surface area contributed by atoms with Crippen molar-refractivity contribution >= 4 is 50.4 Å². The van der Waals surface area contributed by atoms with Crippen LogP contribution in [0, 0.1) is 0 Å². The maximum Gasteiger partial charge on any atom is 0.275 e. The highest BCUT2D eigenvalue weighted by Gasteiger charge is 2.14. The van der Waals surface area contributed by atoms with Crippen LogP contribution in [0.4, 0.5) is 0 Å². The number of hydrogen-bond donors (Lipinski definition) is 1. The SMILES string of the molecule is CCOc1cc(/C=N\NC(=O)c2cc3ccccc3cc2OC)cc(Br)c1OCc1ccc(Cl)cc1. The van der Waals surface area contributed by atoms with Crippen molar-refractivity contribution in [2.24, 2.45) is 5.10 Å². The maximum absolute atomic E-state index is 12.8. The van der Waals surface area contributed by atoms with Crippen LogP contribution >= 0.6 is 27.5 Å². The number of amides is 1. The van der Waals surface area contributed by atoms with Gasteiger partial charge in [-0.15, -0.1) is 0 Å². The fraction of sp³-hybridized carbons (Fsp3) is 0.143. The summed E-state index contributed by atoms with van der Waals surface area (Å²) in [6.45, 7) is 2.71. The zero-order valence-corrected chi connectivity index (χ0v) is 22.1. The Morgan fingerprint density at radius 1 is 1.00 bits per heavy atom. The molecule has 0 saturated heterocycles. The molecule has 0 bridgehead atoms. The van der Waals surface area contributed by atoms with Gasteiger partial charge in [0.25, 0.3) is 5.91 Å². The van der Waals surface area contributed by atoms with E-state index in [1.165, 1.54) is 7.11 Å². The van der Waals surface area contributed by atoms with Gasteiger partial charge in [-0.05, 0) is 81.2 Å². The molecule has 8 heteroatoms. The number of ether oxygens (including phenoxy) is 3. The Hall–Kier alpha value is -3.55. The predicted molar refractivity (Wildman–Crippen MR) is 147 cm³/mol. The highest BCUT2D eigenvalue weighted by Crippen LogP contribution is 2.37. The van der Waals surface area contributed by atoms with E-state index in [9.17, 15) is 4.79 Å². The Kier molecular flexibility index (Phi) is 8.46. The van der Waals surface area contributed by atoms with E-state index in [1.54, 1.807) is 18.3 Å². The molecule has 1 amide bonds. The molecule has 6 nitrogen and oxygen atoms in total. The minimum Gasteiger partial charge on any atom is -0.496 e. The average Bonchev–Trinajstić information content (AvgIpc) is 2.88. The second-order valence-electron chi connectivity index (χ2n) is 7.78. The van der Waals surface area contributed by atoms with Crippen LogP contribution in [0.25, 0.3) is 10.8 Å². The fourth-order valence-electron chi connectivity index (χ4n) is 3.59. The molecule has 0 spiro atoms. The van der Waals surface area contributed by atoms with E-state index < -0.39 is 0 Å². The molecule has 0 saturated carbocycles. The van der Waals surface area contributed by atoms with Crippen LogP contribution < -0.4 is 19.6 Å². The lowest BCUT2D eigenvalue weighted by Gasteiger charge is -2.15. The van der Waals surface area contributed by atoms with Crippen LogP contribution in [0.5, 0.6) is 17.2 Å². The number of carbonyl (C=O) groups excluding carboxylic acids is 1. The number of hydrazone groups is 1. The molecule has 4 aromatic carbocycles. The molecular weight excluding hydrogens is 544 g/mol. The molecule has 1 N–H and O–H groups in total. The van der Waals surface area contributed by atoms with E-state index >= 15 is 0 Å². The minimum absolute atomic E-state index is 0.354. The van der Waals surface area contributed by atoms with E-state index in [0.29, 0.717) is 45.5 Å². The number of rotatable bonds is 9. The fourth-order valence-corrected chi connectivity index (χ4v) is 4.29. The average molecular weight is 568 g/mol. The molecule has 0 atom stereocenters. The van der Waals surface area contributed by atoms with Gasteiger partial charge in [-0.2, -0.15) is 5.10 Å². The van der Waals surface area contributed by atoms with Gasteiger partial charge in [0.15, 0.2) is 11.5 Å². The molecule has 0 aliphatic heterocycles. The largest absolute Gasteiger partial charge is 0.496 e. The second-order valence-corrected chi connectivity index (χ2v) is 9.07. The van der Waals surface area contributed by atoms with Crippen LogP contribution in [0.1, 0.15) is 28.4 Å². The molecule has 0 heterocycles. The molecule has 0 fully saturated rings. The number of carbonyl (C=O) groups is 1. The summed E-state index contributed by atoms with van der Waals surface area (Å²) in [5.74, 6) is 1.24. The van der Waals surface area contributed by atoms with E-state index in [-0.39, 0.29) is 5.91 Å². The number of fused-ring (bicyclic) bond motifs is 1. The third-order valence-electron chi connectivity index (χ3n) is 5.32. The quantitative estimate of drug-likeness (QED) is 0.175. The van der Waals surface area contributed by atoms with Crippen molar-refractivity contribution in [3.63, 3.8) is 0 Å². The first-order valence-electron chi connectivity index (χ1n) is 11.2. The summed E-state index contributed by atoms with van der Waals surface area (Å²) >= 11 is 9.52. The molecule has 0 aliphatic rings. The van der Waals surface area contributed by atoms with Crippen molar-refractivity contribution < 1.29 is 19.0 Å². The number of hydrogen-bond acceptors (Lipinski definition) is 5. The molecule has 0 unspecified atom stereocenters. The number of nitrogens with zero attached hydrogens (tertiary/aromatic N) is 1. The first kappa shape index (κ1) is 25.5. The molecule has 0 aromatic heterocycles. The summed E-state index contributed by atoms with van der Waals surface area (Å²) < 4.78 is 17.9. The lowest BCUT2D eigenvalue weighted by molar-refractivity contribution is 0.0952. The van der Waals surface area contributed by atoms with E-state index in [4.69, 9.17) is 25.8 Å². The van der Waals surface area contributed by atoms with Crippen LogP contribution in [-0.2, 0) is 6.61 Å². The standard InChI is InChI=1S/C28H24BrClN2O4/c1-3-35-26-13-19(12-24(29)27(26)36-17-18-8-10-22(30)11-9-18)16-31-32-28(33)23-14-20-6-4-5-7-21(20)15-25(23)34-2/h4-16H,3,17H2,1-2H3,(H,32,33)/b31-16-. The highest BCUT2D eigenvalue weighted by atomic mass is 79.9. The maximum atomic E-state index is 12.8. The lowest BCUT2D eigenvalue weighted by atomic mass is 10.1. The van der Waals surface area contributed by atoms with Gasteiger partial charge >= 0.3 is 0 Å². The normalized spacial score (nSPS) is 11.0. The Bertz CT molecular complexity index is 1410. The second kappa shape index (κ2) is 11.9. The minimum atomic E-state index is -0.374. The van der Waals surface area contributed by atoms with Crippen LogP contribution in [-0.4, -0.2) is 25.8 Å². The first-order valence-corrected chi connectivity index (χ1v) is 12.4. The van der Waals surface area contributed by atoms with Crippen LogP contribution in [0.2, 0.25) is 5.02 Å². The monoisotopic (exact) mass is 566 g/mol. The summed E-state index contributed by atoms with van der Waals surface area (Å²) in [6.07, 6.45) is 1.54. The summed E-state index contributed by atoms with van der Waals surface area (Å²) in [5, 5.41) is 6.73. The van der Waals surface area contributed by atoms with Gasteiger partial charge in [0.1, 0.15) is 12.4 Å². The van der Waals surface area contributed by atoms with E-state index in [2.05, 4.69) is 26.5 Å². The predicted octanol–water partition coefficient (Wildman–Crippen LogP) is 7.01. The van der Waals surface area contributed by atoms with Gasteiger partial charge in [-0.3, -0.25) is 4.79 Å². The summed E-state index contributed by atoms with van der Waals surface area (Å²) in [6, 6.07) is 22.5. The molecule has 4 rings (SSSR count). The summed E-state index contributed by atoms with van der Waals surface area (Å²) in [5.41, 5.74) is 4.67. The van der Waals surface area contributed by atoms with Gasteiger partial charge in [0.2, 0.25) is 0 Å². The Balaban J connectivity index is 1.50. The topological polar surface area (TPSA) is 69.2 Å². The van der Waals surface area contributed by atoms with Gasteiger partial charge in [-0.25, -0.2) is 5.43 Å². The van der Waals surface area contributed by atoms with Gasteiger partial charge in [0.05, 0.1) is 30.0 Å². The molecule has 0 radical (unpaired) electrons. The van der Waals surface area contributed by atoms with Gasteiger partial charge < -0.3 is 14.2 Å². The Morgan fingerprint density at radius 3 is 2.42 bits per heavy atom. The molecule has 0 aliphatic carbocycles. The molecule has 36 heavy (non-hydrogen) atoms.